The van der Waals surface area contributed by atoms with Gasteiger partial charge in [0, 0.05) is 0 Å². The average molecular weight is 128 g/mol. The second kappa shape index (κ2) is 7.12. The van der Waals surface area contributed by atoms with Gasteiger partial charge >= 0.3 is 6.15 Å². The zero-order valence-corrected chi connectivity index (χ0v) is 6.32. The predicted molar refractivity (Wildman–Crippen MR) is 34.7 cm³/mol. The average Bonchev–Trinajstić information content (AvgIpc) is 1.68. The molecule has 2 nitrogen and oxygen atoms in total. The summed E-state index contributed by atoms with van der Waals surface area (Å²) in [6.45, 7) is 8.48. The second-order valence-corrected chi connectivity index (χ2v) is 2.08. The van der Waals surface area contributed by atoms with Crippen LogP contribution in [0.4, 0.5) is 0 Å². The molecular weight excluding hydrogens is 116 g/mol. The molecule has 9 heavy (non-hydrogen) atoms. The van der Waals surface area contributed by atoms with Gasteiger partial charge in [0.05, 0.1) is 0 Å². The minimum Gasteiger partial charge on any atom is -0.186 e. The molecule has 0 atom stereocenters. The van der Waals surface area contributed by atoms with Crippen LogP contribution in [-0.2, 0) is 9.59 Å². The van der Waals surface area contributed by atoms with Gasteiger partial charge in [-0.15, -0.1) is 0 Å². The fraction of sp³-hybridized carbons (Fsp3) is 0.571. The van der Waals surface area contributed by atoms with Crippen LogP contribution in [0.25, 0.3) is 0 Å². The van der Waals surface area contributed by atoms with Crippen molar-refractivity contribution in [3.63, 3.8) is 0 Å². The Bertz CT molecular complexity index is 110. The first-order chi connectivity index (χ1) is 4.06. The van der Waals surface area contributed by atoms with E-state index >= 15 is 0 Å². The highest BCUT2D eigenvalue weighted by Crippen LogP contribution is 1.96. The van der Waals surface area contributed by atoms with E-state index in [1.165, 1.54) is 11.1 Å². The molecule has 0 fully saturated rings. The van der Waals surface area contributed by atoms with Crippen LogP contribution in [0.15, 0.2) is 11.1 Å². The van der Waals surface area contributed by atoms with E-state index in [0.29, 0.717) is 0 Å². The summed E-state index contributed by atoms with van der Waals surface area (Å²) < 4.78 is 0. The largest absolute Gasteiger partial charge is 0.373 e. The van der Waals surface area contributed by atoms with E-state index < -0.39 is 0 Å². The highest BCUT2D eigenvalue weighted by atomic mass is 16.2. The summed E-state index contributed by atoms with van der Waals surface area (Å²) in [5, 5.41) is 0. The van der Waals surface area contributed by atoms with Crippen molar-refractivity contribution in [3.8, 4) is 0 Å². The fourth-order valence-electron chi connectivity index (χ4n) is 0. The van der Waals surface area contributed by atoms with Crippen LogP contribution in [0.5, 0.6) is 0 Å². The van der Waals surface area contributed by atoms with Crippen molar-refractivity contribution in [2.45, 2.75) is 27.7 Å². The van der Waals surface area contributed by atoms with Crippen molar-refractivity contribution in [3.05, 3.63) is 11.1 Å². The van der Waals surface area contributed by atoms with E-state index in [1.54, 1.807) is 0 Å². The molecule has 2 heteroatoms. The Morgan fingerprint density at radius 2 is 1.00 bits per heavy atom. The van der Waals surface area contributed by atoms with Crippen LogP contribution in [0.1, 0.15) is 27.7 Å². The molecule has 52 valence electrons. The van der Waals surface area contributed by atoms with Crippen LogP contribution in [0.2, 0.25) is 0 Å². The van der Waals surface area contributed by atoms with Gasteiger partial charge in [0.25, 0.3) is 0 Å². The third kappa shape index (κ3) is 19.2. The lowest BCUT2D eigenvalue weighted by Crippen LogP contribution is -1.66. The van der Waals surface area contributed by atoms with Gasteiger partial charge in [-0.25, -0.2) is 0 Å². The van der Waals surface area contributed by atoms with E-state index in [0.717, 1.165) is 0 Å². The number of carbonyl (C=O) groups excluding carboxylic acids is 2. The Morgan fingerprint density at radius 1 is 0.889 bits per heavy atom. The van der Waals surface area contributed by atoms with Crippen LogP contribution in [0, 0.1) is 0 Å². The molecule has 0 aliphatic heterocycles. The van der Waals surface area contributed by atoms with Crippen LogP contribution >= 0.6 is 0 Å². The molecule has 0 saturated carbocycles. The molecule has 0 unspecified atom stereocenters. The Labute approximate surface area is 55.6 Å². The summed E-state index contributed by atoms with van der Waals surface area (Å²) in [4.78, 5) is 16.2. The normalized spacial score (nSPS) is 6.22. The lowest BCUT2D eigenvalue weighted by atomic mass is 10.2. The first-order valence-corrected chi connectivity index (χ1v) is 2.66. The lowest BCUT2D eigenvalue weighted by Gasteiger charge is -1.88. The molecule has 0 aromatic rings. The van der Waals surface area contributed by atoms with E-state index in [2.05, 4.69) is 27.7 Å². The Balaban J connectivity index is 0. The summed E-state index contributed by atoms with van der Waals surface area (Å²) in [5.74, 6) is 0. The van der Waals surface area contributed by atoms with E-state index in [-0.39, 0.29) is 6.15 Å². The van der Waals surface area contributed by atoms with Gasteiger partial charge < -0.3 is 0 Å². The van der Waals surface area contributed by atoms with Crippen LogP contribution < -0.4 is 0 Å². The summed E-state index contributed by atoms with van der Waals surface area (Å²) in [6, 6.07) is 0. The topological polar surface area (TPSA) is 34.1 Å². The Morgan fingerprint density at radius 3 is 1.00 bits per heavy atom. The molecule has 0 aromatic heterocycles. The summed E-state index contributed by atoms with van der Waals surface area (Å²) in [6.07, 6.45) is 0.250. The molecule has 0 spiro atoms. The van der Waals surface area contributed by atoms with Crippen molar-refractivity contribution in [1.82, 2.24) is 0 Å². The molecule has 0 aliphatic carbocycles. The number of hydrogen-bond acceptors (Lipinski definition) is 2. The summed E-state index contributed by atoms with van der Waals surface area (Å²) in [5.41, 5.74) is 2.85. The third-order valence-corrected chi connectivity index (χ3v) is 1.00. The number of hydrogen-bond donors (Lipinski definition) is 0. The molecule has 0 rings (SSSR count). The number of allylic oxidation sites excluding steroid dienone is 2. The molecule has 0 amide bonds. The zero-order valence-electron chi connectivity index (χ0n) is 6.32. The van der Waals surface area contributed by atoms with Crippen molar-refractivity contribution >= 4 is 6.15 Å². The van der Waals surface area contributed by atoms with Crippen molar-refractivity contribution in [2.75, 3.05) is 0 Å². The number of rotatable bonds is 0. The van der Waals surface area contributed by atoms with E-state index in [9.17, 15) is 0 Å². The fourth-order valence-corrected chi connectivity index (χ4v) is 0. The molecular formula is C7H12O2. The van der Waals surface area contributed by atoms with Crippen molar-refractivity contribution in [2.24, 2.45) is 0 Å². The zero-order chi connectivity index (χ0) is 7.86. The van der Waals surface area contributed by atoms with Gasteiger partial charge in [0.1, 0.15) is 0 Å². The standard InChI is InChI=1S/C6H12.CO2/c1-5(2)6(3)4;2-1-3/h1-4H3;. The monoisotopic (exact) mass is 128 g/mol. The SMILES string of the molecule is CC(C)=C(C)C.O=C=O. The highest BCUT2D eigenvalue weighted by Gasteiger charge is 1.75. The molecule has 0 heterocycles. The van der Waals surface area contributed by atoms with Gasteiger partial charge in [0.15, 0.2) is 0 Å². The minimum absolute atomic E-state index is 0.250. The van der Waals surface area contributed by atoms with E-state index in [1.807, 2.05) is 0 Å². The van der Waals surface area contributed by atoms with Gasteiger partial charge in [-0.3, -0.25) is 0 Å². The maximum atomic E-state index is 8.12. The van der Waals surface area contributed by atoms with Crippen molar-refractivity contribution in [1.29, 1.82) is 0 Å². The highest BCUT2D eigenvalue weighted by molar-refractivity contribution is 5.20. The van der Waals surface area contributed by atoms with Gasteiger partial charge in [-0.1, -0.05) is 11.1 Å². The third-order valence-electron chi connectivity index (χ3n) is 1.00. The maximum Gasteiger partial charge on any atom is 0.373 e. The van der Waals surface area contributed by atoms with Gasteiger partial charge in [-0.2, -0.15) is 9.59 Å². The molecule has 0 radical (unpaired) electrons. The second-order valence-electron chi connectivity index (χ2n) is 2.08. The first-order valence-electron chi connectivity index (χ1n) is 2.66. The smallest absolute Gasteiger partial charge is 0.186 e. The van der Waals surface area contributed by atoms with Crippen LogP contribution in [0.3, 0.4) is 0 Å². The van der Waals surface area contributed by atoms with Crippen LogP contribution in [-0.4, -0.2) is 6.15 Å². The molecule has 0 aromatic carbocycles. The predicted octanol–water partition coefficient (Wildman–Crippen LogP) is 1.78. The quantitative estimate of drug-likeness (QED) is 0.466. The van der Waals surface area contributed by atoms with E-state index in [4.69, 9.17) is 9.59 Å². The van der Waals surface area contributed by atoms with Crippen molar-refractivity contribution < 1.29 is 9.59 Å². The van der Waals surface area contributed by atoms with Gasteiger partial charge in [0.2, 0.25) is 0 Å². The molecule has 0 saturated heterocycles. The summed E-state index contributed by atoms with van der Waals surface area (Å²) in [7, 11) is 0. The molecule has 0 N–H and O–H groups in total. The molecule has 0 bridgehead atoms. The van der Waals surface area contributed by atoms with Gasteiger partial charge in [-0.05, 0) is 27.7 Å². The Kier molecular flexibility index (Phi) is 8.69. The summed E-state index contributed by atoms with van der Waals surface area (Å²) >= 11 is 0. The lowest BCUT2D eigenvalue weighted by molar-refractivity contribution is -0.191. The Hall–Kier alpha value is -0.880. The maximum absolute atomic E-state index is 8.12. The first kappa shape index (κ1) is 11.0. The molecule has 0 aliphatic rings. The minimum atomic E-state index is 0.250.